The van der Waals surface area contributed by atoms with Crippen molar-refractivity contribution in [1.82, 2.24) is 14.8 Å². The molecule has 2 aromatic heterocycles. The standard InChI is InChI=1S/C14H17N3O/c1-2-6-12(7-3-1)17-11-13(10-16-17)18-14-8-4-5-9-15-14/h4-5,8-12H,1-3,6-7H2. The molecule has 2 aromatic rings. The second-order valence-electron chi connectivity index (χ2n) is 4.72. The van der Waals surface area contributed by atoms with Gasteiger partial charge in [-0.2, -0.15) is 5.10 Å². The van der Waals surface area contributed by atoms with Gasteiger partial charge in [-0.25, -0.2) is 4.98 Å². The molecule has 0 bridgehead atoms. The lowest BCUT2D eigenvalue weighted by Gasteiger charge is -2.21. The Morgan fingerprint density at radius 1 is 1.17 bits per heavy atom. The van der Waals surface area contributed by atoms with E-state index in [1.807, 2.05) is 29.1 Å². The first-order chi connectivity index (χ1) is 8.92. The van der Waals surface area contributed by atoms with E-state index < -0.39 is 0 Å². The molecule has 0 saturated heterocycles. The van der Waals surface area contributed by atoms with Crippen molar-refractivity contribution in [2.45, 2.75) is 38.1 Å². The van der Waals surface area contributed by atoms with Crippen molar-refractivity contribution in [2.75, 3.05) is 0 Å². The summed E-state index contributed by atoms with van der Waals surface area (Å²) in [6.45, 7) is 0. The summed E-state index contributed by atoms with van der Waals surface area (Å²) in [6.07, 6.45) is 11.9. The summed E-state index contributed by atoms with van der Waals surface area (Å²) in [5.41, 5.74) is 0. The third kappa shape index (κ3) is 2.53. The fourth-order valence-corrected chi connectivity index (χ4v) is 2.45. The van der Waals surface area contributed by atoms with Crippen molar-refractivity contribution >= 4 is 0 Å². The maximum Gasteiger partial charge on any atom is 0.219 e. The lowest BCUT2D eigenvalue weighted by atomic mass is 9.96. The number of hydrogen-bond acceptors (Lipinski definition) is 3. The smallest absolute Gasteiger partial charge is 0.219 e. The Bertz CT molecular complexity index is 489. The van der Waals surface area contributed by atoms with Crippen LogP contribution in [0.3, 0.4) is 0 Å². The number of nitrogens with zero attached hydrogens (tertiary/aromatic N) is 3. The lowest BCUT2D eigenvalue weighted by Crippen LogP contribution is -2.12. The number of ether oxygens (including phenoxy) is 1. The first-order valence-electron chi connectivity index (χ1n) is 6.55. The average molecular weight is 243 g/mol. The van der Waals surface area contributed by atoms with Crippen LogP contribution in [0.4, 0.5) is 0 Å². The van der Waals surface area contributed by atoms with E-state index in [2.05, 4.69) is 10.1 Å². The fourth-order valence-electron chi connectivity index (χ4n) is 2.45. The van der Waals surface area contributed by atoms with Crippen molar-refractivity contribution in [3.8, 4) is 11.6 Å². The van der Waals surface area contributed by atoms with Crippen LogP contribution in [0.15, 0.2) is 36.8 Å². The second kappa shape index (κ2) is 5.21. The highest BCUT2D eigenvalue weighted by Crippen LogP contribution is 2.29. The molecular formula is C14H17N3O. The summed E-state index contributed by atoms with van der Waals surface area (Å²) in [4.78, 5) is 4.14. The van der Waals surface area contributed by atoms with Gasteiger partial charge in [0.15, 0.2) is 5.75 Å². The number of aromatic nitrogens is 3. The van der Waals surface area contributed by atoms with Crippen LogP contribution in [0.2, 0.25) is 0 Å². The first-order valence-corrected chi connectivity index (χ1v) is 6.55. The zero-order chi connectivity index (χ0) is 12.2. The van der Waals surface area contributed by atoms with Gasteiger partial charge in [0.25, 0.3) is 0 Å². The van der Waals surface area contributed by atoms with Gasteiger partial charge in [0, 0.05) is 12.3 Å². The molecule has 4 nitrogen and oxygen atoms in total. The summed E-state index contributed by atoms with van der Waals surface area (Å²) >= 11 is 0. The van der Waals surface area contributed by atoms with Crippen LogP contribution in [0, 0.1) is 0 Å². The van der Waals surface area contributed by atoms with E-state index in [0.717, 1.165) is 5.75 Å². The molecule has 0 atom stereocenters. The van der Waals surface area contributed by atoms with Gasteiger partial charge in [-0.3, -0.25) is 4.68 Å². The minimum Gasteiger partial charge on any atom is -0.436 e. The van der Waals surface area contributed by atoms with E-state index in [4.69, 9.17) is 4.74 Å². The summed E-state index contributed by atoms with van der Waals surface area (Å²) in [5.74, 6) is 1.37. The number of rotatable bonds is 3. The Morgan fingerprint density at radius 2 is 2.06 bits per heavy atom. The van der Waals surface area contributed by atoms with Crippen LogP contribution in [0.5, 0.6) is 11.6 Å². The van der Waals surface area contributed by atoms with Crippen LogP contribution < -0.4 is 4.74 Å². The van der Waals surface area contributed by atoms with Crippen LogP contribution in [-0.4, -0.2) is 14.8 Å². The molecule has 0 spiro atoms. The molecule has 2 heterocycles. The van der Waals surface area contributed by atoms with Gasteiger partial charge in [0.05, 0.1) is 18.4 Å². The molecule has 94 valence electrons. The predicted octanol–water partition coefficient (Wildman–Crippen LogP) is 3.58. The van der Waals surface area contributed by atoms with Crippen LogP contribution in [0.25, 0.3) is 0 Å². The normalized spacial score (nSPS) is 16.7. The number of pyridine rings is 1. The quantitative estimate of drug-likeness (QED) is 0.827. The second-order valence-corrected chi connectivity index (χ2v) is 4.72. The number of hydrogen-bond donors (Lipinski definition) is 0. The van der Waals surface area contributed by atoms with Crippen LogP contribution >= 0.6 is 0 Å². The van der Waals surface area contributed by atoms with Gasteiger partial charge < -0.3 is 4.74 Å². The Labute approximate surface area is 107 Å². The van der Waals surface area contributed by atoms with Gasteiger partial charge in [-0.15, -0.1) is 0 Å². The lowest BCUT2D eigenvalue weighted by molar-refractivity contribution is 0.328. The highest BCUT2D eigenvalue weighted by Gasteiger charge is 2.16. The van der Waals surface area contributed by atoms with Gasteiger partial charge in [0.1, 0.15) is 0 Å². The van der Waals surface area contributed by atoms with E-state index in [0.29, 0.717) is 11.9 Å². The van der Waals surface area contributed by atoms with Gasteiger partial charge in [0.2, 0.25) is 5.88 Å². The van der Waals surface area contributed by atoms with E-state index in [-0.39, 0.29) is 0 Å². The molecule has 3 rings (SSSR count). The van der Waals surface area contributed by atoms with Crippen LogP contribution in [-0.2, 0) is 0 Å². The minimum atomic E-state index is 0.542. The summed E-state index contributed by atoms with van der Waals surface area (Å²) in [7, 11) is 0. The fraction of sp³-hybridized carbons (Fsp3) is 0.429. The molecule has 1 aliphatic rings. The summed E-state index contributed by atoms with van der Waals surface area (Å²) in [5, 5.41) is 4.40. The SMILES string of the molecule is c1ccc(Oc2cnn(C3CCCCC3)c2)nc1. The maximum atomic E-state index is 5.66. The third-order valence-electron chi connectivity index (χ3n) is 3.39. The molecule has 1 saturated carbocycles. The molecule has 0 aromatic carbocycles. The van der Waals surface area contributed by atoms with Gasteiger partial charge in [-0.1, -0.05) is 25.3 Å². The zero-order valence-corrected chi connectivity index (χ0v) is 10.3. The van der Waals surface area contributed by atoms with E-state index in [1.54, 1.807) is 12.4 Å². The summed E-state index contributed by atoms with van der Waals surface area (Å²) in [6, 6.07) is 6.17. The van der Waals surface area contributed by atoms with Crippen molar-refractivity contribution in [3.05, 3.63) is 36.8 Å². The Hall–Kier alpha value is -1.84. The zero-order valence-electron chi connectivity index (χ0n) is 10.3. The van der Waals surface area contributed by atoms with Crippen molar-refractivity contribution in [2.24, 2.45) is 0 Å². The van der Waals surface area contributed by atoms with Crippen molar-refractivity contribution in [3.63, 3.8) is 0 Å². The largest absolute Gasteiger partial charge is 0.436 e. The first kappa shape index (κ1) is 11.3. The van der Waals surface area contributed by atoms with Gasteiger partial charge >= 0.3 is 0 Å². The van der Waals surface area contributed by atoms with E-state index in [9.17, 15) is 0 Å². The predicted molar refractivity (Wildman–Crippen MR) is 68.7 cm³/mol. The molecule has 4 heteroatoms. The molecule has 18 heavy (non-hydrogen) atoms. The Morgan fingerprint density at radius 3 is 2.83 bits per heavy atom. The molecule has 0 unspecified atom stereocenters. The molecule has 0 aliphatic heterocycles. The average Bonchev–Trinajstić information content (AvgIpc) is 2.89. The molecule has 1 aliphatic carbocycles. The Kier molecular flexibility index (Phi) is 3.26. The molecule has 0 N–H and O–H groups in total. The van der Waals surface area contributed by atoms with Crippen molar-refractivity contribution < 1.29 is 4.74 Å². The molecule has 1 fully saturated rings. The van der Waals surface area contributed by atoms with E-state index in [1.165, 1.54) is 32.1 Å². The monoisotopic (exact) mass is 243 g/mol. The summed E-state index contributed by atoms with van der Waals surface area (Å²) < 4.78 is 7.69. The highest BCUT2D eigenvalue weighted by atomic mass is 16.5. The molecule has 0 amide bonds. The maximum absolute atomic E-state index is 5.66. The molecular weight excluding hydrogens is 226 g/mol. The highest BCUT2D eigenvalue weighted by molar-refractivity contribution is 5.21. The van der Waals surface area contributed by atoms with Crippen LogP contribution in [0.1, 0.15) is 38.1 Å². The topological polar surface area (TPSA) is 39.9 Å². The van der Waals surface area contributed by atoms with Crippen molar-refractivity contribution in [1.29, 1.82) is 0 Å². The van der Waals surface area contributed by atoms with E-state index >= 15 is 0 Å². The third-order valence-corrected chi connectivity index (χ3v) is 3.39. The minimum absolute atomic E-state index is 0.542. The Balaban J connectivity index is 1.69. The van der Waals surface area contributed by atoms with Gasteiger partial charge in [-0.05, 0) is 18.9 Å². The molecule has 0 radical (unpaired) electrons.